The minimum absolute atomic E-state index is 0.0111. The Kier molecular flexibility index (Phi) is 5.12. The van der Waals surface area contributed by atoms with Crippen LogP contribution in [0.2, 0.25) is 0 Å². The molecular formula is C14H12N4O5S. The van der Waals surface area contributed by atoms with Crippen LogP contribution >= 0.6 is 12.2 Å². The Hall–Kier alpha value is -3.40. The van der Waals surface area contributed by atoms with Crippen molar-refractivity contribution in [3.05, 3.63) is 52.1 Å². The summed E-state index contributed by atoms with van der Waals surface area (Å²) in [5.74, 6) is -1.68. The Balaban J connectivity index is 2.04. The third kappa shape index (κ3) is 3.87. The summed E-state index contributed by atoms with van der Waals surface area (Å²) in [5, 5.41) is 45.5. The highest BCUT2D eigenvalue weighted by atomic mass is 32.1. The van der Waals surface area contributed by atoms with E-state index in [1.54, 1.807) is 6.07 Å². The number of thiocarbonyl (C=S) groups is 1. The van der Waals surface area contributed by atoms with Gasteiger partial charge in [0.2, 0.25) is 5.75 Å². The smallest absolute Gasteiger partial charge is 0.292 e. The first-order chi connectivity index (χ1) is 11.4. The third-order valence-electron chi connectivity index (χ3n) is 2.88. The van der Waals surface area contributed by atoms with Crippen molar-refractivity contribution >= 4 is 34.9 Å². The van der Waals surface area contributed by atoms with E-state index >= 15 is 0 Å². The number of phenolic OH excluding ortho intramolecular Hbond substituents is 3. The summed E-state index contributed by atoms with van der Waals surface area (Å²) in [6.07, 6.45) is 1.15. The maximum atomic E-state index is 10.9. The van der Waals surface area contributed by atoms with Crippen LogP contribution in [-0.4, -0.2) is 31.6 Å². The minimum atomic E-state index is -0.667. The Morgan fingerprint density at radius 1 is 1.17 bits per heavy atom. The molecule has 0 aliphatic rings. The van der Waals surface area contributed by atoms with Crippen LogP contribution in [0.3, 0.4) is 0 Å². The summed E-state index contributed by atoms with van der Waals surface area (Å²) < 4.78 is 0. The summed E-state index contributed by atoms with van der Waals surface area (Å²) in [6, 6.07) is 8.45. The van der Waals surface area contributed by atoms with Crippen LogP contribution in [0, 0.1) is 10.1 Å². The number of aromatic hydroxyl groups is 3. The van der Waals surface area contributed by atoms with Crippen molar-refractivity contribution in [2.75, 3.05) is 5.32 Å². The van der Waals surface area contributed by atoms with E-state index in [2.05, 4.69) is 15.8 Å². The molecule has 0 radical (unpaired) electrons. The number of para-hydroxylation sites is 2. The summed E-state index contributed by atoms with van der Waals surface area (Å²) in [4.78, 5) is 10.3. The molecule has 0 aromatic heterocycles. The second-order valence-corrected chi connectivity index (χ2v) is 4.88. The van der Waals surface area contributed by atoms with Gasteiger partial charge in [0, 0.05) is 11.6 Å². The van der Waals surface area contributed by atoms with E-state index in [0.29, 0.717) is 0 Å². The highest BCUT2D eigenvalue weighted by Crippen LogP contribution is 2.36. The molecule has 0 unspecified atom stereocenters. The predicted octanol–water partition coefficient (Wildman–Crippen LogP) is 2.03. The van der Waals surface area contributed by atoms with Crippen molar-refractivity contribution in [1.82, 2.24) is 5.43 Å². The highest BCUT2D eigenvalue weighted by molar-refractivity contribution is 7.80. The van der Waals surface area contributed by atoms with Gasteiger partial charge in [-0.25, -0.2) is 0 Å². The van der Waals surface area contributed by atoms with E-state index in [1.165, 1.54) is 30.3 Å². The van der Waals surface area contributed by atoms with Gasteiger partial charge < -0.3 is 20.6 Å². The molecule has 2 aromatic carbocycles. The Morgan fingerprint density at radius 2 is 1.88 bits per heavy atom. The first-order valence-corrected chi connectivity index (χ1v) is 6.88. The maximum Gasteiger partial charge on any atom is 0.292 e. The van der Waals surface area contributed by atoms with Crippen LogP contribution in [0.4, 0.5) is 11.4 Å². The number of hydrogen-bond donors (Lipinski definition) is 5. The molecule has 0 amide bonds. The van der Waals surface area contributed by atoms with Gasteiger partial charge in [0.25, 0.3) is 5.69 Å². The second kappa shape index (κ2) is 7.24. The minimum Gasteiger partial charge on any atom is -0.504 e. The van der Waals surface area contributed by atoms with E-state index in [-0.39, 0.29) is 22.1 Å². The fraction of sp³-hybridized carbons (Fsp3) is 0. The molecule has 0 atom stereocenters. The van der Waals surface area contributed by atoms with Gasteiger partial charge in [0.05, 0.1) is 11.1 Å². The van der Waals surface area contributed by atoms with E-state index in [1.807, 2.05) is 0 Å². The third-order valence-corrected chi connectivity index (χ3v) is 3.07. The van der Waals surface area contributed by atoms with Gasteiger partial charge in [-0.3, -0.25) is 15.5 Å². The van der Waals surface area contributed by atoms with Crippen molar-refractivity contribution in [1.29, 1.82) is 0 Å². The SMILES string of the molecule is O=[N+]([O-])c1ccccc1NC(=S)NN=Cc1ccc(O)c(O)c1O. The van der Waals surface area contributed by atoms with Crippen molar-refractivity contribution in [3.63, 3.8) is 0 Å². The molecule has 24 heavy (non-hydrogen) atoms. The zero-order valence-electron chi connectivity index (χ0n) is 12.0. The topological polar surface area (TPSA) is 140 Å². The Labute approximate surface area is 141 Å². The quantitative estimate of drug-likeness (QED) is 0.186. The summed E-state index contributed by atoms with van der Waals surface area (Å²) >= 11 is 4.97. The molecule has 2 rings (SSSR count). The van der Waals surface area contributed by atoms with E-state index in [4.69, 9.17) is 12.2 Å². The van der Waals surface area contributed by atoms with Gasteiger partial charge in [0.15, 0.2) is 16.6 Å². The molecule has 0 aliphatic heterocycles. The standard InChI is InChI=1S/C14H12N4O5S/c19-11-6-5-8(12(20)13(11)21)7-15-17-14(24)16-9-3-1-2-4-10(9)18(22)23/h1-7,19-21H,(H2,16,17,24). The van der Waals surface area contributed by atoms with Crippen molar-refractivity contribution in [2.24, 2.45) is 5.10 Å². The Morgan fingerprint density at radius 3 is 2.58 bits per heavy atom. The molecule has 0 heterocycles. The van der Waals surface area contributed by atoms with Crippen LogP contribution in [0.25, 0.3) is 0 Å². The first kappa shape index (κ1) is 17.0. The molecular weight excluding hydrogens is 336 g/mol. The van der Waals surface area contributed by atoms with Gasteiger partial charge in [-0.2, -0.15) is 5.10 Å². The van der Waals surface area contributed by atoms with Gasteiger partial charge in [-0.05, 0) is 30.4 Å². The van der Waals surface area contributed by atoms with Crippen LogP contribution in [-0.2, 0) is 0 Å². The fourth-order valence-electron chi connectivity index (χ4n) is 1.74. The normalized spacial score (nSPS) is 10.5. The lowest BCUT2D eigenvalue weighted by atomic mass is 10.2. The number of nitrogens with zero attached hydrogens (tertiary/aromatic N) is 2. The molecule has 124 valence electrons. The lowest BCUT2D eigenvalue weighted by Crippen LogP contribution is -2.24. The molecule has 0 bridgehead atoms. The largest absolute Gasteiger partial charge is 0.504 e. The number of anilines is 1. The first-order valence-electron chi connectivity index (χ1n) is 6.47. The van der Waals surface area contributed by atoms with Gasteiger partial charge in [-0.15, -0.1) is 0 Å². The molecule has 0 saturated carbocycles. The van der Waals surface area contributed by atoms with E-state index in [0.717, 1.165) is 6.21 Å². The molecule has 0 aliphatic carbocycles. The predicted molar refractivity (Wildman–Crippen MR) is 91.5 cm³/mol. The maximum absolute atomic E-state index is 10.9. The molecule has 0 saturated heterocycles. The van der Waals surface area contributed by atoms with Crippen LogP contribution < -0.4 is 10.7 Å². The zero-order chi connectivity index (χ0) is 17.7. The van der Waals surface area contributed by atoms with E-state index in [9.17, 15) is 25.4 Å². The zero-order valence-corrected chi connectivity index (χ0v) is 12.8. The fourth-order valence-corrected chi connectivity index (χ4v) is 1.90. The lowest BCUT2D eigenvalue weighted by Gasteiger charge is -2.07. The van der Waals surface area contributed by atoms with Gasteiger partial charge >= 0.3 is 0 Å². The van der Waals surface area contributed by atoms with Crippen molar-refractivity contribution < 1.29 is 20.2 Å². The molecule has 9 nitrogen and oxygen atoms in total. The van der Waals surface area contributed by atoms with Gasteiger partial charge in [-0.1, -0.05) is 12.1 Å². The molecule has 10 heteroatoms. The monoisotopic (exact) mass is 348 g/mol. The molecule has 5 N–H and O–H groups in total. The summed E-state index contributed by atoms with van der Waals surface area (Å²) in [5.41, 5.74) is 2.60. The van der Waals surface area contributed by atoms with Crippen molar-refractivity contribution in [3.8, 4) is 17.2 Å². The number of phenols is 3. The highest BCUT2D eigenvalue weighted by Gasteiger charge is 2.13. The average molecular weight is 348 g/mol. The van der Waals surface area contributed by atoms with Crippen LogP contribution in [0.1, 0.15) is 5.56 Å². The second-order valence-electron chi connectivity index (χ2n) is 4.47. The number of hydrogen-bond acceptors (Lipinski definition) is 7. The van der Waals surface area contributed by atoms with Crippen LogP contribution in [0.15, 0.2) is 41.5 Å². The van der Waals surface area contributed by atoms with Gasteiger partial charge in [0.1, 0.15) is 5.69 Å². The number of nitrogens with one attached hydrogen (secondary N) is 2. The lowest BCUT2D eigenvalue weighted by molar-refractivity contribution is -0.383. The number of rotatable bonds is 4. The van der Waals surface area contributed by atoms with E-state index < -0.39 is 22.2 Å². The average Bonchev–Trinajstić information content (AvgIpc) is 2.55. The molecule has 2 aromatic rings. The number of nitro benzene ring substituents is 1. The molecule has 0 spiro atoms. The number of nitro groups is 1. The summed E-state index contributed by atoms with van der Waals surface area (Å²) in [7, 11) is 0. The van der Waals surface area contributed by atoms with Crippen molar-refractivity contribution in [2.45, 2.75) is 0 Å². The number of hydrazone groups is 1. The Bertz CT molecular complexity index is 825. The number of benzene rings is 2. The van der Waals surface area contributed by atoms with Crippen LogP contribution in [0.5, 0.6) is 17.2 Å². The summed E-state index contributed by atoms with van der Waals surface area (Å²) in [6.45, 7) is 0. The molecule has 0 fully saturated rings.